The van der Waals surface area contributed by atoms with Crippen LogP contribution in [0.25, 0.3) is 0 Å². The van der Waals surface area contributed by atoms with Crippen molar-refractivity contribution < 1.29 is 0 Å². The summed E-state index contributed by atoms with van der Waals surface area (Å²) < 4.78 is 8.35. The molecule has 1 aliphatic heterocycles. The molecule has 0 spiro atoms. The minimum absolute atomic E-state index is 0.227. The van der Waals surface area contributed by atoms with Crippen LogP contribution in [0.3, 0.4) is 0 Å². The first kappa shape index (κ1) is 8.13. The Kier molecular flexibility index (Phi) is 2.11. The van der Waals surface area contributed by atoms with Gasteiger partial charge in [0.1, 0.15) is 0 Å². The van der Waals surface area contributed by atoms with Gasteiger partial charge in [0, 0.05) is 12.0 Å². The zero-order chi connectivity index (χ0) is 8.44. The number of hydrogen-bond donors (Lipinski definition) is 1. The number of nitrogens with zero attached hydrogens (tertiary/aromatic N) is 2. The Balaban J connectivity index is 2.19. The summed E-state index contributed by atoms with van der Waals surface area (Å²) in [5.41, 5.74) is 1.38. The molecule has 0 aromatic carbocycles. The van der Waals surface area contributed by atoms with Gasteiger partial charge in [0.15, 0.2) is 0 Å². The number of piperidine rings is 1. The van der Waals surface area contributed by atoms with Crippen molar-refractivity contribution in [3.05, 3.63) is 11.9 Å². The van der Waals surface area contributed by atoms with Gasteiger partial charge in [0.25, 0.3) is 0 Å². The molecule has 0 bridgehead atoms. The smallest absolute Gasteiger partial charge is 0.0814 e. The molecule has 0 radical (unpaired) electrons. The topological polar surface area (TPSA) is 37.8 Å². The monoisotopic (exact) mass is 183 g/mol. The van der Waals surface area contributed by atoms with E-state index in [1.54, 1.807) is 0 Å². The highest BCUT2D eigenvalue weighted by Crippen LogP contribution is 2.28. The highest BCUT2D eigenvalue weighted by atomic mass is 32.1. The molecule has 1 aromatic rings. The Morgan fingerprint density at radius 3 is 3.17 bits per heavy atom. The van der Waals surface area contributed by atoms with E-state index < -0.39 is 0 Å². The van der Waals surface area contributed by atoms with Gasteiger partial charge in [0.05, 0.1) is 23.6 Å². The van der Waals surface area contributed by atoms with Gasteiger partial charge in [-0.1, -0.05) is 6.92 Å². The van der Waals surface area contributed by atoms with Crippen molar-refractivity contribution in [3.8, 4) is 0 Å². The quantitative estimate of drug-likeness (QED) is 0.710. The number of aromatic nitrogens is 2. The normalized spacial score (nSPS) is 30.4. The van der Waals surface area contributed by atoms with E-state index in [9.17, 15) is 0 Å². The van der Waals surface area contributed by atoms with Crippen LogP contribution in [-0.4, -0.2) is 21.8 Å². The Morgan fingerprint density at radius 2 is 2.58 bits per heavy atom. The lowest BCUT2D eigenvalue weighted by Gasteiger charge is -2.32. The van der Waals surface area contributed by atoms with Gasteiger partial charge in [-0.2, -0.15) is 8.75 Å². The van der Waals surface area contributed by atoms with Crippen LogP contribution in [-0.2, 0) is 5.41 Å². The average molecular weight is 183 g/mol. The fraction of sp³-hybridized carbons (Fsp3) is 0.750. The molecule has 0 amide bonds. The fourth-order valence-corrected chi connectivity index (χ4v) is 2.26. The van der Waals surface area contributed by atoms with Crippen LogP contribution >= 0.6 is 11.7 Å². The Morgan fingerprint density at radius 1 is 1.67 bits per heavy atom. The second-order valence-corrected chi connectivity index (χ2v) is 4.19. The molecule has 66 valence electrons. The lowest BCUT2D eigenvalue weighted by molar-refractivity contribution is 0.334. The molecule has 3 nitrogen and oxygen atoms in total. The molecule has 1 fully saturated rings. The molecule has 2 heterocycles. The summed E-state index contributed by atoms with van der Waals surface area (Å²) in [7, 11) is 0. The first-order chi connectivity index (χ1) is 5.81. The first-order valence-electron chi connectivity index (χ1n) is 4.30. The van der Waals surface area contributed by atoms with Crippen LogP contribution in [0.2, 0.25) is 0 Å². The SMILES string of the molecule is CC1(c2cnsn2)CCCNC1. The van der Waals surface area contributed by atoms with Crippen LogP contribution in [0.1, 0.15) is 25.5 Å². The minimum Gasteiger partial charge on any atom is -0.316 e. The predicted molar refractivity (Wildman–Crippen MR) is 49.4 cm³/mol. The molecule has 1 aliphatic rings. The van der Waals surface area contributed by atoms with Gasteiger partial charge in [-0.3, -0.25) is 0 Å². The minimum atomic E-state index is 0.227. The van der Waals surface area contributed by atoms with Crippen molar-refractivity contribution in [2.45, 2.75) is 25.2 Å². The van der Waals surface area contributed by atoms with Crippen LogP contribution in [0, 0.1) is 0 Å². The van der Waals surface area contributed by atoms with E-state index in [-0.39, 0.29) is 5.41 Å². The second kappa shape index (κ2) is 3.11. The maximum Gasteiger partial charge on any atom is 0.0814 e. The lowest BCUT2D eigenvalue weighted by atomic mass is 9.80. The fourth-order valence-electron chi connectivity index (χ4n) is 1.71. The first-order valence-corrected chi connectivity index (χ1v) is 5.03. The number of nitrogens with one attached hydrogen (secondary N) is 1. The van der Waals surface area contributed by atoms with E-state index in [2.05, 4.69) is 21.0 Å². The maximum absolute atomic E-state index is 4.30. The van der Waals surface area contributed by atoms with Crippen LogP contribution in [0.5, 0.6) is 0 Å². The molecule has 2 rings (SSSR count). The van der Waals surface area contributed by atoms with E-state index in [0.29, 0.717) is 0 Å². The molecule has 0 aliphatic carbocycles. The van der Waals surface area contributed by atoms with Crippen molar-refractivity contribution in [1.29, 1.82) is 0 Å². The molecule has 1 N–H and O–H groups in total. The van der Waals surface area contributed by atoms with Gasteiger partial charge in [-0.15, -0.1) is 0 Å². The van der Waals surface area contributed by atoms with Gasteiger partial charge >= 0.3 is 0 Å². The summed E-state index contributed by atoms with van der Waals surface area (Å²) in [5, 5.41) is 3.40. The van der Waals surface area contributed by atoms with Crippen LogP contribution in [0.4, 0.5) is 0 Å². The largest absolute Gasteiger partial charge is 0.316 e. The molecule has 4 heteroatoms. The molecular formula is C8H13N3S. The highest BCUT2D eigenvalue weighted by molar-refractivity contribution is 6.99. The highest BCUT2D eigenvalue weighted by Gasteiger charge is 2.30. The molecule has 12 heavy (non-hydrogen) atoms. The molecule has 1 aromatic heterocycles. The van der Waals surface area contributed by atoms with Crippen molar-refractivity contribution >= 4 is 11.7 Å². The number of rotatable bonds is 1. The van der Waals surface area contributed by atoms with Crippen LogP contribution in [0.15, 0.2) is 6.20 Å². The third kappa shape index (κ3) is 1.36. The predicted octanol–water partition coefficient (Wildman–Crippen LogP) is 1.18. The van der Waals surface area contributed by atoms with Crippen LogP contribution < -0.4 is 5.32 Å². The third-order valence-corrected chi connectivity index (χ3v) is 3.05. The van der Waals surface area contributed by atoms with E-state index in [1.165, 1.54) is 24.6 Å². The molecule has 1 saturated heterocycles. The lowest BCUT2D eigenvalue weighted by Crippen LogP contribution is -2.41. The van der Waals surface area contributed by atoms with E-state index in [1.807, 2.05) is 6.20 Å². The molecule has 1 atom stereocenters. The summed E-state index contributed by atoms with van der Waals surface area (Å²) in [5.74, 6) is 0. The average Bonchev–Trinajstić information content (AvgIpc) is 2.58. The Bertz CT molecular complexity index is 239. The van der Waals surface area contributed by atoms with Crippen molar-refractivity contribution in [1.82, 2.24) is 14.1 Å². The summed E-state index contributed by atoms with van der Waals surface area (Å²) in [6.07, 6.45) is 4.37. The Labute approximate surface area is 76.5 Å². The summed E-state index contributed by atoms with van der Waals surface area (Å²) >= 11 is 1.30. The Hall–Kier alpha value is -0.480. The van der Waals surface area contributed by atoms with Crippen molar-refractivity contribution in [3.63, 3.8) is 0 Å². The molecular weight excluding hydrogens is 170 g/mol. The van der Waals surface area contributed by atoms with E-state index in [0.717, 1.165) is 18.8 Å². The standard InChI is InChI=1S/C8H13N3S/c1-8(3-2-4-9-6-8)7-5-10-12-11-7/h5,9H,2-4,6H2,1H3. The van der Waals surface area contributed by atoms with Gasteiger partial charge in [-0.05, 0) is 19.4 Å². The van der Waals surface area contributed by atoms with Gasteiger partial charge in [-0.25, -0.2) is 0 Å². The molecule has 1 unspecified atom stereocenters. The second-order valence-electron chi connectivity index (χ2n) is 3.63. The number of hydrogen-bond acceptors (Lipinski definition) is 4. The van der Waals surface area contributed by atoms with E-state index >= 15 is 0 Å². The molecule has 0 saturated carbocycles. The van der Waals surface area contributed by atoms with Gasteiger partial charge in [0.2, 0.25) is 0 Å². The zero-order valence-electron chi connectivity index (χ0n) is 7.21. The summed E-state index contributed by atoms with van der Waals surface area (Å²) in [6, 6.07) is 0. The zero-order valence-corrected chi connectivity index (χ0v) is 8.02. The van der Waals surface area contributed by atoms with E-state index in [4.69, 9.17) is 0 Å². The van der Waals surface area contributed by atoms with Crippen molar-refractivity contribution in [2.24, 2.45) is 0 Å². The van der Waals surface area contributed by atoms with Crippen molar-refractivity contribution in [2.75, 3.05) is 13.1 Å². The van der Waals surface area contributed by atoms with Gasteiger partial charge < -0.3 is 5.32 Å². The maximum atomic E-state index is 4.30. The third-order valence-electron chi connectivity index (χ3n) is 2.58. The summed E-state index contributed by atoms with van der Waals surface area (Å²) in [6.45, 7) is 4.45. The summed E-state index contributed by atoms with van der Waals surface area (Å²) in [4.78, 5) is 0.